The maximum absolute atomic E-state index is 6.29. The van der Waals surface area contributed by atoms with Crippen LogP contribution in [-0.2, 0) is 4.74 Å². The summed E-state index contributed by atoms with van der Waals surface area (Å²) in [5, 5.41) is 4.48. The third-order valence-electron chi connectivity index (χ3n) is 4.35. The van der Waals surface area contributed by atoms with Gasteiger partial charge in [-0.2, -0.15) is 0 Å². The van der Waals surface area contributed by atoms with Gasteiger partial charge in [0.2, 0.25) is 5.95 Å². The normalized spacial score (nSPS) is 14.2. The summed E-state index contributed by atoms with van der Waals surface area (Å²) in [6.07, 6.45) is 7.13. The maximum Gasteiger partial charge on any atom is 0.227 e. The smallest absolute Gasteiger partial charge is 0.227 e. The van der Waals surface area contributed by atoms with Crippen LogP contribution in [0.3, 0.4) is 0 Å². The Kier molecular flexibility index (Phi) is 4.61. The molecule has 2 heterocycles. The van der Waals surface area contributed by atoms with Gasteiger partial charge in [0, 0.05) is 41.6 Å². The van der Waals surface area contributed by atoms with Crippen molar-refractivity contribution in [2.45, 2.75) is 0 Å². The number of hydrogen-bond acceptors (Lipinski definition) is 5. The van der Waals surface area contributed by atoms with E-state index in [1.54, 1.807) is 12.3 Å². The van der Waals surface area contributed by atoms with E-state index in [2.05, 4.69) is 38.2 Å². The number of benzene rings is 2. The van der Waals surface area contributed by atoms with Gasteiger partial charge in [0.15, 0.2) is 0 Å². The van der Waals surface area contributed by atoms with Crippen molar-refractivity contribution in [3.05, 3.63) is 53.2 Å². The molecule has 1 aliphatic rings. The molecule has 26 heavy (non-hydrogen) atoms. The minimum atomic E-state index is 0.506. The van der Waals surface area contributed by atoms with Crippen LogP contribution in [0, 0.1) is 12.3 Å². The van der Waals surface area contributed by atoms with E-state index in [0.717, 1.165) is 42.9 Å². The number of ether oxygens (including phenoxy) is 1. The van der Waals surface area contributed by atoms with Crippen molar-refractivity contribution in [3.63, 3.8) is 0 Å². The summed E-state index contributed by atoms with van der Waals surface area (Å²) in [4.78, 5) is 11.2. The van der Waals surface area contributed by atoms with Gasteiger partial charge >= 0.3 is 0 Å². The largest absolute Gasteiger partial charge is 0.378 e. The summed E-state index contributed by atoms with van der Waals surface area (Å²) in [6, 6.07) is 11.9. The van der Waals surface area contributed by atoms with Gasteiger partial charge in [-0.1, -0.05) is 17.5 Å². The first-order valence-corrected chi connectivity index (χ1v) is 8.74. The molecule has 2 aromatic carbocycles. The Morgan fingerprint density at radius 3 is 2.62 bits per heavy atom. The first kappa shape index (κ1) is 16.6. The van der Waals surface area contributed by atoms with Gasteiger partial charge < -0.3 is 15.0 Å². The van der Waals surface area contributed by atoms with Crippen LogP contribution in [-0.4, -0.2) is 36.3 Å². The number of anilines is 3. The first-order chi connectivity index (χ1) is 12.7. The summed E-state index contributed by atoms with van der Waals surface area (Å²) < 4.78 is 5.39. The second-order valence-electron chi connectivity index (χ2n) is 5.97. The van der Waals surface area contributed by atoms with Crippen molar-refractivity contribution >= 4 is 39.8 Å². The fraction of sp³-hybridized carbons (Fsp3) is 0.200. The van der Waals surface area contributed by atoms with Crippen molar-refractivity contribution in [2.75, 3.05) is 36.5 Å². The van der Waals surface area contributed by atoms with Gasteiger partial charge in [-0.25, -0.2) is 9.97 Å². The third-order valence-corrected chi connectivity index (χ3v) is 4.76. The molecule has 1 aromatic heterocycles. The molecule has 1 saturated heterocycles. The summed E-state index contributed by atoms with van der Waals surface area (Å²) >= 11 is 6.29. The van der Waals surface area contributed by atoms with Crippen LogP contribution in [0.4, 0.5) is 17.3 Å². The quantitative estimate of drug-likeness (QED) is 0.715. The van der Waals surface area contributed by atoms with Gasteiger partial charge in [-0.15, -0.1) is 6.42 Å². The lowest BCUT2D eigenvalue weighted by molar-refractivity contribution is 0.122. The van der Waals surface area contributed by atoms with E-state index in [0.29, 0.717) is 16.5 Å². The molecular formula is C20H17ClN4O. The van der Waals surface area contributed by atoms with Crippen molar-refractivity contribution in [1.29, 1.82) is 0 Å². The van der Waals surface area contributed by atoms with E-state index in [1.807, 2.05) is 18.2 Å². The third kappa shape index (κ3) is 3.30. The van der Waals surface area contributed by atoms with Crippen LogP contribution in [0.15, 0.2) is 42.6 Å². The number of halogens is 1. The Balaban J connectivity index is 1.54. The Labute approximate surface area is 157 Å². The number of hydrogen-bond donors (Lipinski definition) is 1. The Morgan fingerprint density at radius 1 is 1.12 bits per heavy atom. The van der Waals surface area contributed by atoms with E-state index in [9.17, 15) is 0 Å². The van der Waals surface area contributed by atoms with Crippen LogP contribution in [0.5, 0.6) is 0 Å². The molecule has 5 nitrogen and oxygen atoms in total. The highest BCUT2D eigenvalue weighted by atomic mass is 35.5. The molecule has 0 aliphatic carbocycles. The Hall–Kier alpha value is -2.81. The van der Waals surface area contributed by atoms with Gasteiger partial charge in [0.05, 0.1) is 23.8 Å². The molecular weight excluding hydrogens is 348 g/mol. The molecule has 4 rings (SSSR count). The number of nitrogens with one attached hydrogen (secondary N) is 1. The lowest BCUT2D eigenvalue weighted by Crippen LogP contribution is -2.36. The highest BCUT2D eigenvalue weighted by Crippen LogP contribution is 2.27. The lowest BCUT2D eigenvalue weighted by Gasteiger charge is -2.28. The molecule has 0 spiro atoms. The predicted octanol–water partition coefficient (Wildman–Crippen LogP) is 3.84. The highest BCUT2D eigenvalue weighted by Gasteiger charge is 2.11. The second kappa shape index (κ2) is 7.20. The fourth-order valence-electron chi connectivity index (χ4n) is 2.95. The average molecular weight is 365 g/mol. The number of fused-ring (bicyclic) bond motifs is 1. The lowest BCUT2D eigenvalue weighted by atomic mass is 10.1. The molecule has 3 aromatic rings. The van der Waals surface area contributed by atoms with Crippen molar-refractivity contribution < 1.29 is 4.74 Å². The molecule has 0 amide bonds. The molecule has 0 unspecified atom stereocenters. The average Bonchev–Trinajstić information content (AvgIpc) is 2.69. The topological polar surface area (TPSA) is 50.3 Å². The van der Waals surface area contributed by atoms with Gasteiger partial charge in [0.25, 0.3) is 0 Å². The summed E-state index contributed by atoms with van der Waals surface area (Å²) in [5.41, 5.74) is 3.50. The Bertz CT molecular complexity index is 976. The molecule has 0 saturated carbocycles. The molecule has 1 aliphatic heterocycles. The maximum atomic E-state index is 6.29. The zero-order valence-electron chi connectivity index (χ0n) is 14.1. The number of rotatable bonds is 3. The molecule has 1 fully saturated rings. The van der Waals surface area contributed by atoms with Gasteiger partial charge in [-0.3, -0.25) is 0 Å². The first-order valence-electron chi connectivity index (χ1n) is 8.36. The highest BCUT2D eigenvalue weighted by molar-refractivity contribution is 6.36. The number of aromatic nitrogens is 2. The number of terminal acetylenes is 1. The summed E-state index contributed by atoms with van der Waals surface area (Å²) in [6.45, 7) is 3.38. The van der Waals surface area contributed by atoms with Crippen LogP contribution in [0.25, 0.3) is 10.9 Å². The van der Waals surface area contributed by atoms with E-state index < -0.39 is 0 Å². The van der Waals surface area contributed by atoms with E-state index in [1.165, 1.54) is 5.69 Å². The van der Waals surface area contributed by atoms with E-state index in [4.69, 9.17) is 22.8 Å². The van der Waals surface area contributed by atoms with Crippen LogP contribution >= 0.6 is 11.6 Å². The molecule has 0 bridgehead atoms. The number of morpholine rings is 1. The van der Waals surface area contributed by atoms with Crippen LogP contribution < -0.4 is 10.2 Å². The minimum absolute atomic E-state index is 0.506. The number of nitrogens with zero attached hydrogens (tertiary/aromatic N) is 3. The van der Waals surface area contributed by atoms with Crippen LogP contribution in [0.2, 0.25) is 5.02 Å². The summed E-state index contributed by atoms with van der Waals surface area (Å²) in [5.74, 6) is 3.07. The second-order valence-corrected chi connectivity index (χ2v) is 6.35. The van der Waals surface area contributed by atoms with Crippen molar-refractivity contribution in [2.24, 2.45) is 0 Å². The Morgan fingerprint density at radius 2 is 1.88 bits per heavy atom. The van der Waals surface area contributed by atoms with E-state index in [-0.39, 0.29) is 0 Å². The monoisotopic (exact) mass is 364 g/mol. The predicted molar refractivity (Wildman–Crippen MR) is 105 cm³/mol. The minimum Gasteiger partial charge on any atom is -0.378 e. The standard InChI is InChI=1S/C20H17ClN4O/c1-2-14-3-8-18-17(19(14)21)13-22-20(24-18)23-15-4-6-16(7-5-15)25-9-11-26-12-10-25/h1,3-8,13H,9-12H2,(H,22,23,24). The molecule has 1 N–H and O–H groups in total. The van der Waals surface area contributed by atoms with Gasteiger partial charge in [-0.05, 0) is 36.4 Å². The van der Waals surface area contributed by atoms with Gasteiger partial charge in [0.1, 0.15) is 0 Å². The molecule has 130 valence electrons. The molecule has 0 atom stereocenters. The zero-order chi connectivity index (χ0) is 17.9. The van der Waals surface area contributed by atoms with Crippen molar-refractivity contribution in [3.8, 4) is 12.3 Å². The van der Waals surface area contributed by atoms with Crippen LogP contribution in [0.1, 0.15) is 5.56 Å². The van der Waals surface area contributed by atoms with E-state index >= 15 is 0 Å². The zero-order valence-corrected chi connectivity index (χ0v) is 14.8. The van der Waals surface area contributed by atoms with Crippen molar-refractivity contribution in [1.82, 2.24) is 9.97 Å². The molecule has 6 heteroatoms. The molecule has 0 radical (unpaired) electrons. The SMILES string of the molecule is C#Cc1ccc2nc(Nc3ccc(N4CCOCC4)cc3)ncc2c1Cl. The fourth-order valence-corrected chi connectivity index (χ4v) is 3.21. The summed E-state index contributed by atoms with van der Waals surface area (Å²) in [7, 11) is 0.